The van der Waals surface area contributed by atoms with Crippen LogP contribution in [0.25, 0.3) is 11.3 Å². The molecule has 0 aliphatic carbocycles. The summed E-state index contributed by atoms with van der Waals surface area (Å²) in [7, 11) is 0. The minimum absolute atomic E-state index is 0.109. The zero-order chi connectivity index (χ0) is 13.1. The monoisotopic (exact) mass is 245 g/mol. The molecule has 1 aromatic heterocycles. The van der Waals surface area contributed by atoms with Crippen molar-refractivity contribution in [2.24, 2.45) is 5.73 Å². The second-order valence-electron chi connectivity index (χ2n) is 4.03. The van der Waals surface area contributed by atoms with Gasteiger partial charge in [0.25, 0.3) is 0 Å². The maximum atomic E-state index is 11.0. The van der Waals surface area contributed by atoms with Crippen molar-refractivity contribution in [1.82, 2.24) is 5.16 Å². The van der Waals surface area contributed by atoms with Gasteiger partial charge < -0.3 is 15.6 Å². The summed E-state index contributed by atoms with van der Waals surface area (Å²) in [6, 6.07) is 7.42. The summed E-state index contributed by atoms with van der Waals surface area (Å²) in [5.41, 5.74) is 8.89. The Morgan fingerprint density at radius 2 is 2.28 bits per heavy atom. The number of anilines is 1. The molecule has 0 fully saturated rings. The van der Waals surface area contributed by atoms with Gasteiger partial charge in [0, 0.05) is 30.3 Å². The van der Waals surface area contributed by atoms with Crippen LogP contribution in [0.5, 0.6) is 0 Å². The third-order valence-electron chi connectivity index (χ3n) is 2.65. The Bertz CT molecular complexity index is 575. The molecule has 2 rings (SSSR count). The zero-order valence-corrected chi connectivity index (χ0v) is 10.4. The highest BCUT2D eigenvalue weighted by atomic mass is 16.5. The van der Waals surface area contributed by atoms with Gasteiger partial charge in [-0.3, -0.25) is 4.79 Å². The Labute approximate surface area is 105 Å². The fourth-order valence-electron chi connectivity index (χ4n) is 1.81. The minimum atomic E-state index is -0.109. The highest BCUT2D eigenvalue weighted by molar-refractivity contribution is 5.89. The molecule has 1 amide bonds. The molecule has 94 valence electrons. The lowest BCUT2D eigenvalue weighted by molar-refractivity contribution is -0.114. The van der Waals surface area contributed by atoms with Gasteiger partial charge in [0.2, 0.25) is 5.91 Å². The largest absolute Gasteiger partial charge is 0.361 e. The van der Waals surface area contributed by atoms with Crippen molar-refractivity contribution in [1.29, 1.82) is 0 Å². The van der Waals surface area contributed by atoms with Gasteiger partial charge in [0.15, 0.2) is 0 Å². The normalized spacial score (nSPS) is 10.4. The predicted molar refractivity (Wildman–Crippen MR) is 68.9 cm³/mol. The van der Waals surface area contributed by atoms with Crippen molar-refractivity contribution in [3.05, 3.63) is 35.6 Å². The Hall–Kier alpha value is -2.14. The van der Waals surface area contributed by atoms with E-state index in [2.05, 4.69) is 10.5 Å². The molecule has 0 saturated heterocycles. The average molecular weight is 245 g/mol. The number of nitrogens with zero attached hydrogens (tertiary/aromatic N) is 1. The van der Waals surface area contributed by atoms with Crippen LogP contribution in [0.3, 0.4) is 0 Å². The van der Waals surface area contributed by atoms with Crippen LogP contribution in [0.15, 0.2) is 28.8 Å². The van der Waals surface area contributed by atoms with Gasteiger partial charge in [-0.05, 0) is 19.1 Å². The molecular weight excluding hydrogens is 230 g/mol. The summed E-state index contributed by atoms with van der Waals surface area (Å²) in [6.07, 6.45) is 0. The van der Waals surface area contributed by atoms with E-state index in [9.17, 15) is 4.79 Å². The summed E-state index contributed by atoms with van der Waals surface area (Å²) >= 11 is 0. The van der Waals surface area contributed by atoms with E-state index in [1.54, 1.807) is 0 Å². The number of nitrogens with one attached hydrogen (secondary N) is 1. The van der Waals surface area contributed by atoms with Crippen LogP contribution in [-0.2, 0) is 11.3 Å². The van der Waals surface area contributed by atoms with Crippen molar-refractivity contribution in [3.63, 3.8) is 0 Å². The summed E-state index contributed by atoms with van der Waals surface area (Å²) < 4.78 is 5.14. The molecule has 5 heteroatoms. The molecule has 0 spiro atoms. The lowest BCUT2D eigenvalue weighted by Gasteiger charge is -2.04. The standard InChI is InChI=1S/C13H15N3O2/c1-8-12(7-14)13(16-18-8)10-4-3-5-11(6-10)15-9(2)17/h3-6H,7,14H2,1-2H3,(H,15,17). The number of aromatic nitrogens is 1. The first-order chi connectivity index (χ1) is 8.61. The predicted octanol–water partition coefficient (Wildman–Crippen LogP) is 2.07. The number of carbonyl (C=O) groups is 1. The highest BCUT2D eigenvalue weighted by Crippen LogP contribution is 2.26. The average Bonchev–Trinajstić information content (AvgIpc) is 2.70. The molecule has 0 bridgehead atoms. The van der Waals surface area contributed by atoms with E-state index in [0.717, 1.165) is 28.3 Å². The second-order valence-corrected chi connectivity index (χ2v) is 4.03. The van der Waals surface area contributed by atoms with Crippen molar-refractivity contribution < 1.29 is 9.32 Å². The number of aryl methyl sites for hydroxylation is 1. The molecule has 18 heavy (non-hydrogen) atoms. The molecular formula is C13H15N3O2. The third-order valence-corrected chi connectivity index (χ3v) is 2.65. The molecule has 0 saturated carbocycles. The van der Waals surface area contributed by atoms with Crippen LogP contribution in [-0.4, -0.2) is 11.1 Å². The van der Waals surface area contributed by atoms with Crippen LogP contribution >= 0.6 is 0 Å². The van der Waals surface area contributed by atoms with E-state index in [1.807, 2.05) is 31.2 Å². The number of carbonyl (C=O) groups excluding carboxylic acids is 1. The van der Waals surface area contributed by atoms with Gasteiger partial charge >= 0.3 is 0 Å². The van der Waals surface area contributed by atoms with Gasteiger partial charge in [-0.2, -0.15) is 0 Å². The molecule has 0 unspecified atom stereocenters. The number of hydrogen-bond donors (Lipinski definition) is 2. The van der Waals surface area contributed by atoms with E-state index in [0.29, 0.717) is 6.54 Å². The molecule has 3 N–H and O–H groups in total. The van der Waals surface area contributed by atoms with Crippen molar-refractivity contribution >= 4 is 11.6 Å². The van der Waals surface area contributed by atoms with Crippen LogP contribution in [0.1, 0.15) is 18.2 Å². The van der Waals surface area contributed by atoms with E-state index in [-0.39, 0.29) is 5.91 Å². The quantitative estimate of drug-likeness (QED) is 0.867. The summed E-state index contributed by atoms with van der Waals surface area (Å²) in [5.74, 6) is 0.611. The number of amides is 1. The Balaban J connectivity index is 2.41. The van der Waals surface area contributed by atoms with Crippen molar-refractivity contribution in [3.8, 4) is 11.3 Å². The number of benzene rings is 1. The molecule has 1 heterocycles. The zero-order valence-electron chi connectivity index (χ0n) is 10.4. The van der Waals surface area contributed by atoms with Crippen molar-refractivity contribution in [2.45, 2.75) is 20.4 Å². The molecule has 0 aliphatic heterocycles. The lowest BCUT2D eigenvalue weighted by Crippen LogP contribution is -2.05. The van der Waals surface area contributed by atoms with Crippen LogP contribution in [0, 0.1) is 6.92 Å². The van der Waals surface area contributed by atoms with Crippen molar-refractivity contribution in [2.75, 3.05) is 5.32 Å². The molecule has 2 aromatic rings. The summed E-state index contributed by atoms with van der Waals surface area (Å²) in [4.78, 5) is 11.0. The Morgan fingerprint density at radius 1 is 1.50 bits per heavy atom. The summed E-state index contributed by atoms with van der Waals surface area (Å²) in [5, 5.41) is 6.74. The Morgan fingerprint density at radius 3 is 2.94 bits per heavy atom. The van der Waals surface area contributed by atoms with Gasteiger partial charge in [-0.25, -0.2) is 0 Å². The van der Waals surface area contributed by atoms with Gasteiger partial charge in [0.05, 0.1) is 0 Å². The first-order valence-electron chi connectivity index (χ1n) is 5.65. The SMILES string of the molecule is CC(=O)Nc1cccc(-c2noc(C)c2CN)c1. The lowest BCUT2D eigenvalue weighted by atomic mass is 10.1. The van der Waals surface area contributed by atoms with E-state index in [1.165, 1.54) is 6.92 Å². The first-order valence-corrected chi connectivity index (χ1v) is 5.65. The number of nitrogens with two attached hydrogens (primary N) is 1. The van der Waals surface area contributed by atoms with Gasteiger partial charge in [-0.1, -0.05) is 17.3 Å². The number of rotatable bonds is 3. The fourth-order valence-corrected chi connectivity index (χ4v) is 1.81. The second kappa shape index (κ2) is 5.01. The molecule has 0 aliphatic rings. The molecule has 1 aromatic carbocycles. The molecule has 5 nitrogen and oxygen atoms in total. The Kier molecular flexibility index (Phi) is 3.43. The minimum Gasteiger partial charge on any atom is -0.361 e. The maximum Gasteiger partial charge on any atom is 0.221 e. The van der Waals surface area contributed by atoms with Gasteiger partial charge in [-0.15, -0.1) is 0 Å². The highest BCUT2D eigenvalue weighted by Gasteiger charge is 2.13. The smallest absolute Gasteiger partial charge is 0.221 e. The van der Waals surface area contributed by atoms with E-state index < -0.39 is 0 Å². The van der Waals surface area contributed by atoms with E-state index in [4.69, 9.17) is 10.3 Å². The third kappa shape index (κ3) is 2.41. The fraction of sp³-hybridized carbons (Fsp3) is 0.231. The number of hydrogen-bond acceptors (Lipinski definition) is 4. The maximum absolute atomic E-state index is 11.0. The van der Waals surface area contributed by atoms with Crippen LogP contribution in [0.4, 0.5) is 5.69 Å². The van der Waals surface area contributed by atoms with E-state index >= 15 is 0 Å². The van der Waals surface area contributed by atoms with Gasteiger partial charge in [0.1, 0.15) is 11.5 Å². The van der Waals surface area contributed by atoms with Crippen LogP contribution in [0.2, 0.25) is 0 Å². The molecule has 0 atom stereocenters. The van der Waals surface area contributed by atoms with Crippen LogP contribution < -0.4 is 11.1 Å². The topological polar surface area (TPSA) is 81.2 Å². The summed E-state index contributed by atoms with van der Waals surface area (Å²) in [6.45, 7) is 3.67. The molecule has 0 radical (unpaired) electrons. The first kappa shape index (κ1) is 12.3.